The van der Waals surface area contributed by atoms with Crippen LogP contribution in [0.1, 0.15) is 25.7 Å². The first kappa shape index (κ1) is 8.48. The second kappa shape index (κ2) is 3.73. The molecule has 1 aromatic rings. The third kappa shape index (κ3) is 1.97. The Balaban J connectivity index is 2.08. The minimum absolute atomic E-state index is 0.0226. The number of aromatic nitrogens is 2. The largest absolute Gasteiger partial charge is 0.268 e. The zero-order chi connectivity index (χ0) is 9.10. The van der Waals surface area contributed by atoms with E-state index in [4.69, 9.17) is 0 Å². The molecule has 1 aliphatic carbocycles. The van der Waals surface area contributed by atoms with Crippen LogP contribution in [0.2, 0.25) is 0 Å². The molecule has 1 saturated carbocycles. The Kier molecular flexibility index (Phi) is 2.43. The van der Waals surface area contributed by atoms with Crippen LogP contribution < -0.4 is 5.56 Å². The molecule has 1 heterocycles. The number of hydrogen-bond donors (Lipinski definition) is 0. The van der Waals surface area contributed by atoms with Gasteiger partial charge >= 0.3 is 0 Å². The molecule has 1 fully saturated rings. The summed E-state index contributed by atoms with van der Waals surface area (Å²) in [4.78, 5) is 11.3. The van der Waals surface area contributed by atoms with Crippen LogP contribution in [0.25, 0.3) is 0 Å². The van der Waals surface area contributed by atoms with Gasteiger partial charge in [0.1, 0.15) is 0 Å². The van der Waals surface area contributed by atoms with Gasteiger partial charge in [-0.2, -0.15) is 5.10 Å². The molecule has 0 spiro atoms. The van der Waals surface area contributed by atoms with E-state index in [-0.39, 0.29) is 5.56 Å². The fourth-order valence-electron chi connectivity index (χ4n) is 1.96. The molecule has 0 radical (unpaired) electrons. The summed E-state index contributed by atoms with van der Waals surface area (Å²) >= 11 is 0. The zero-order valence-corrected chi connectivity index (χ0v) is 7.65. The summed E-state index contributed by atoms with van der Waals surface area (Å²) in [5.74, 6) is 0.674. The molecule has 1 aromatic heterocycles. The topological polar surface area (TPSA) is 34.9 Å². The monoisotopic (exact) mass is 178 g/mol. The van der Waals surface area contributed by atoms with Crippen LogP contribution in [0, 0.1) is 5.92 Å². The van der Waals surface area contributed by atoms with Gasteiger partial charge in [-0.1, -0.05) is 12.8 Å². The first-order chi connectivity index (χ1) is 6.36. The molecule has 1 aliphatic rings. The van der Waals surface area contributed by atoms with Crippen molar-refractivity contribution >= 4 is 0 Å². The van der Waals surface area contributed by atoms with Crippen LogP contribution in [0.4, 0.5) is 0 Å². The highest BCUT2D eigenvalue weighted by molar-refractivity contribution is 4.85. The Bertz CT molecular complexity index is 326. The number of nitrogens with zero attached hydrogens (tertiary/aromatic N) is 2. The zero-order valence-electron chi connectivity index (χ0n) is 7.65. The molecule has 0 aromatic carbocycles. The molecular formula is C10H14N2O. The van der Waals surface area contributed by atoms with E-state index in [1.807, 2.05) is 0 Å². The second-order valence-corrected chi connectivity index (χ2v) is 3.69. The van der Waals surface area contributed by atoms with Gasteiger partial charge in [-0.25, -0.2) is 4.68 Å². The maximum atomic E-state index is 11.3. The third-order valence-corrected chi connectivity index (χ3v) is 2.69. The van der Waals surface area contributed by atoms with Crippen molar-refractivity contribution in [2.24, 2.45) is 5.92 Å². The summed E-state index contributed by atoms with van der Waals surface area (Å²) in [7, 11) is 0. The first-order valence-corrected chi connectivity index (χ1v) is 4.88. The molecule has 0 bridgehead atoms. The molecule has 3 nitrogen and oxygen atoms in total. The Hall–Kier alpha value is -1.12. The third-order valence-electron chi connectivity index (χ3n) is 2.69. The summed E-state index contributed by atoms with van der Waals surface area (Å²) in [6.07, 6.45) is 6.81. The van der Waals surface area contributed by atoms with Crippen molar-refractivity contribution in [3.8, 4) is 0 Å². The highest BCUT2D eigenvalue weighted by Gasteiger charge is 2.15. The smallest absolute Gasteiger partial charge is 0.266 e. The van der Waals surface area contributed by atoms with Crippen LogP contribution in [-0.2, 0) is 6.54 Å². The van der Waals surface area contributed by atoms with E-state index in [0.717, 1.165) is 6.54 Å². The van der Waals surface area contributed by atoms with Gasteiger partial charge in [-0.3, -0.25) is 4.79 Å². The highest BCUT2D eigenvalue weighted by atomic mass is 16.1. The average molecular weight is 178 g/mol. The van der Waals surface area contributed by atoms with E-state index >= 15 is 0 Å². The lowest BCUT2D eigenvalue weighted by atomic mass is 10.1. The maximum absolute atomic E-state index is 11.3. The standard InChI is InChI=1S/C10H14N2O/c13-10-6-3-7-11-12(10)8-9-4-1-2-5-9/h3,6-7,9H,1-2,4-5,8H2. The summed E-state index contributed by atoms with van der Waals surface area (Å²) in [5.41, 5.74) is 0.0226. The Morgan fingerprint density at radius 1 is 1.46 bits per heavy atom. The van der Waals surface area contributed by atoms with E-state index in [9.17, 15) is 4.79 Å². The quantitative estimate of drug-likeness (QED) is 0.686. The van der Waals surface area contributed by atoms with Gasteiger partial charge in [-0.05, 0) is 24.8 Å². The second-order valence-electron chi connectivity index (χ2n) is 3.69. The van der Waals surface area contributed by atoms with Crippen LogP contribution in [0.5, 0.6) is 0 Å². The predicted molar refractivity (Wildman–Crippen MR) is 50.5 cm³/mol. The highest BCUT2D eigenvalue weighted by Crippen LogP contribution is 2.25. The molecule has 13 heavy (non-hydrogen) atoms. The van der Waals surface area contributed by atoms with Gasteiger partial charge in [0.05, 0.1) is 0 Å². The molecule has 0 N–H and O–H groups in total. The molecule has 70 valence electrons. The summed E-state index contributed by atoms with van der Waals surface area (Å²) in [5, 5.41) is 4.05. The van der Waals surface area contributed by atoms with Crippen LogP contribution in [0.3, 0.4) is 0 Å². The summed E-state index contributed by atoms with van der Waals surface area (Å²) in [6, 6.07) is 3.26. The van der Waals surface area contributed by atoms with Gasteiger partial charge in [0.25, 0.3) is 5.56 Å². The minimum atomic E-state index is 0.0226. The van der Waals surface area contributed by atoms with Crippen molar-refractivity contribution in [3.63, 3.8) is 0 Å². The molecule has 0 unspecified atom stereocenters. The van der Waals surface area contributed by atoms with E-state index in [1.54, 1.807) is 23.0 Å². The Morgan fingerprint density at radius 3 is 2.92 bits per heavy atom. The van der Waals surface area contributed by atoms with Gasteiger partial charge in [0, 0.05) is 18.8 Å². The number of rotatable bonds is 2. The molecule has 2 rings (SSSR count). The van der Waals surface area contributed by atoms with Crippen molar-refractivity contribution in [2.45, 2.75) is 32.2 Å². The molecule has 0 amide bonds. The van der Waals surface area contributed by atoms with Crippen LogP contribution in [-0.4, -0.2) is 9.78 Å². The fraction of sp³-hybridized carbons (Fsp3) is 0.600. The lowest BCUT2D eigenvalue weighted by molar-refractivity contribution is 0.415. The normalized spacial score (nSPS) is 17.8. The van der Waals surface area contributed by atoms with Gasteiger partial charge in [-0.15, -0.1) is 0 Å². The minimum Gasteiger partial charge on any atom is -0.268 e. The molecule has 0 aliphatic heterocycles. The Morgan fingerprint density at radius 2 is 2.23 bits per heavy atom. The van der Waals surface area contributed by atoms with Crippen LogP contribution in [0.15, 0.2) is 23.1 Å². The Labute approximate surface area is 77.4 Å². The molecule has 0 atom stereocenters. The van der Waals surface area contributed by atoms with Gasteiger partial charge in [0.15, 0.2) is 0 Å². The van der Waals surface area contributed by atoms with Crippen molar-refractivity contribution in [1.29, 1.82) is 0 Å². The van der Waals surface area contributed by atoms with Gasteiger partial charge in [0.2, 0.25) is 0 Å². The van der Waals surface area contributed by atoms with Crippen molar-refractivity contribution in [1.82, 2.24) is 9.78 Å². The van der Waals surface area contributed by atoms with E-state index in [2.05, 4.69) is 5.10 Å². The average Bonchev–Trinajstić information content (AvgIpc) is 2.61. The molecular weight excluding hydrogens is 164 g/mol. The van der Waals surface area contributed by atoms with Crippen LogP contribution >= 0.6 is 0 Å². The lowest BCUT2D eigenvalue weighted by Gasteiger charge is -2.08. The van der Waals surface area contributed by atoms with Gasteiger partial charge < -0.3 is 0 Å². The van der Waals surface area contributed by atoms with E-state index in [1.165, 1.54) is 25.7 Å². The molecule has 3 heteroatoms. The van der Waals surface area contributed by atoms with Crippen molar-refractivity contribution in [3.05, 3.63) is 28.7 Å². The summed E-state index contributed by atoms with van der Waals surface area (Å²) in [6.45, 7) is 0.805. The predicted octanol–water partition coefficient (Wildman–Crippen LogP) is 1.43. The van der Waals surface area contributed by atoms with Crippen molar-refractivity contribution in [2.75, 3.05) is 0 Å². The van der Waals surface area contributed by atoms with Crippen molar-refractivity contribution < 1.29 is 0 Å². The van der Waals surface area contributed by atoms with E-state index in [0.29, 0.717) is 5.92 Å². The maximum Gasteiger partial charge on any atom is 0.266 e. The number of hydrogen-bond acceptors (Lipinski definition) is 2. The SMILES string of the molecule is O=c1cccnn1CC1CCCC1. The molecule has 0 saturated heterocycles. The summed E-state index contributed by atoms with van der Waals surface area (Å²) < 4.78 is 1.58. The first-order valence-electron chi connectivity index (χ1n) is 4.88. The van der Waals surface area contributed by atoms with E-state index < -0.39 is 0 Å². The fourth-order valence-corrected chi connectivity index (χ4v) is 1.96. The lowest BCUT2D eigenvalue weighted by Crippen LogP contribution is -2.24.